The molecule has 1 aliphatic carbocycles. The van der Waals surface area contributed by atoms with Crippen LogP contribution in [0.3, 0.4) is 0 Å². The molecule has 0 radical (unpaired) electrons. The maximum Gasteiger partial charge on any atom is 0.303 e. The van der Waals surface area contributed by atoms with Crippen molar-refractivity contribution < 1.29 is 13.2 Å². The van der Waals surface area contributed by atoms with Crippen molar-refractivity contribution in [1.29, 1.82) is 0 Å². The fraction of sp³-hybridized carbons (Fsp3) is 0.900. The van der Waals surface area contributed by atoms with E-state index in [0.29, 0.717) is 19.8 Å². The van der Waals surface area contributed by atoms with Crippen LogP contribution >= 0.6 is 0 Å². The van der Waals surface area contributed by atoms with Crippen LogP contribution in [0.1, 0.15) is 19.3 Å². The van der Waals surface area contributed by atoms with Gasteiger partial charge in [0.15, 0.2) is 0 Å². The Morgan fingerprint density at radius 2 is 2.21 bits per heavy atom. The standard InChI is InChI=1S/C10H17N5O3S/c1-14-12-10(11-13-14)19(16,17)15(9-2-3-9)6-8-4-5-18-7-8/h8-9H,2-7H2,1H3. The molecule has 1 unspecified atom stereocenters. The lowest BCUT2D eigenvalue weighted by molar-refractivity contribution is 0.180. The van der Waals surface area contributed by atoms with Crippen LogP contribution in [-0.4, -0.2) is 58.7 Å². The number of aromatic nitrogens is 4. The first-order chi connectivity index (χ1) is 9.07. The summed E-state index contributed by atoms with van der Waals surface area (Å²) in [6.07, 6.45) is 2.73. The number of hydrogen-bond acceptors (Lipinski definition) is 6. The van der Waals surface area contributed by atoms with Gasteiger partial charge in [0.05, 0.1) is 13.7 Å². The van der Waals surface area contributed by atoms with E-state index in [4.69, 9.17) is 4.74 Å². The van der Waals surface area contributed by atoms with Gasteiger partial charge in [-0.2, -0.15) is 9.10 Å². The predicted octanol–water partition coefficient (Wildman–Crippen LogP) is -0.600. The normalized spacial score (nSPS) is 24.2. The molecule has 3 rings (SSSR count). The molecule has 2 aliphatic rings. The average Bonchev–Trinajstić information content (AvgIpc) is 2.88. The van der Waals surface area contributed by atoms with Crippen molar-refractivity contribution in [2.24, 2.45) is 13.0 Å². The Hall–Kier alpha value is -1.06. The van der Waals surface area contributed by atoms with E-state index in [0.717, 1.165) is 24.1 Å². The molecule has 1 saturated heterocycles. The highest BCUT2D eigenvalue weighted by Crippen LogP contribution is 2.32. The van der Waals surface area contributed by atoms with Crippen molar-refractivity contribution in [1.82, 2.24) is 24.5 Å². The molecule has 1 atom stereocenters. The van der Waals surface area contributed by atoms with Gasteiger partial charge < -0.3 is 4.74 Å². The third-order valence-electron chi connectivity index (χ3n) is 3.45. The van der Waals surface area contributed by atoms with Crippen molar-refractivity contribution in [2.75, 3.05) is 19.8 Å². The van der Waals surface area contributed by atoms with Crippen LogP contribution in [0.25, 0.3) is 0 Å². The Labute approximate surface area is 111 Å². The van der Waals surface area contributed by atoms with Crippen LogP contribution in [0, 0.1) is 5.92 Å². The predicted molar refractivity (Wildman–Crippen MR) is 64.6 cm³/mol. The molecule has 1 aromatic rings. The van der Waals surface area contributed by atoms with Crippen LogP contribution in [0.15, 0.2) is 5.16 Å². The highest BCUT2D eigenvalue weighted by Gasteiger charge is 2.41. The monoisotopic (exact) mass is 287 g/mol. The summed E-state index contributed by atoms with van der Waals surface area (Å²) in [5.41, 5.74) is 0. The minimum Gasteiger partial charge on any atom is -0.381 e. The van der Waals surface area contributed by atoms with Gasteiger partial charge in [0.2, 0.25) is 0 Å². The van der Waals surface area contributed by atoms with Gasteiger partial charge in [0.25, 0.3) is 10.0 Å². The van der Waals surface area contributed by atoms with E-state index in [9.17, 15) is 8.42 Å². The van der Waals surface area contributed by atoms with Gasteiger partial charge in [-0.25, -0.2) is 8.42 Å². The van der Waals surface area contributed by atoms with Gasteiger partial charge in [0.1, 0.15) is 0 Å². The van der Waals surface area contributed by atoms with Gasteiger partial charge in [-0.3, -0.25) is 0 Å². The smallest absolute Gasteiger partial charge is 0.303 e. The Balaban J connectivity index is 1.82. The van der Waals surface area contributed by atoms with E-state index < -0.39 is 10.0 Å². The number of tetrazole rings is 1. The van der Waals surface area contributed by atoms with E-state index >= 15 is 0 Å². The van der Waals surface area contributed by atoms with Gasteiger partial charge in [-0.05, 0) is 30.4 Å². The lowest BCUT2D eigenvalue weighted by Crippen LogP contribution is -2.38. The molecule has 9 heteroatoms. The number of hydrogen-bond donors (Lipinski definition) is 0. The lowest BCUT2D eigenvalue weighted by atomic mass is 10.1. The quantitative estimate of drug-likeness (QED) is 0.718. The van der Waals surface area contributed by atoms with Gasteiger partial charge in [-0.15, -0.1) is 5.10 Å². The van der Waals surface area contributed by atoms with Gasteiger partial charge >= 0.3 is 5.16 Å². The van der Waals surface area contributed by atoms with Crippen LogP contribution in [0.4, 0.5) is 0 Å². The SMILES string of the molecule is Cn1nnc(S(=O)(=O)N(CC2CCOC2)C2CC2)n1. The number of aryl methyl sites for hydroxylation is 1. The first-order valence-corrected chi connectivity index (χ1v) is 7.85. The first-order valence-electron chi connectivity index (χ1n) is 6.41. The summed E-state index contributed by atoms with van der Waals surface area (Å²) in [5.74, 6) is 0.270. The van der Waals surface area contributed by atoms with E-state index in [1.54, 1.807) is 7.05 Å². The van der Waals surface area contributed by atoms with Crippen molar-refractivity contribution in [3.05, 3.63) is 0 Å². The second-order valence-electron chi connectivity index (χ2n) is 5.10. The second kappa shape index (κ2) is 4.80. The molecule has 1 aromatic heterocycles. The van der Waals surface area contributed by atoms with E-state index in [1.165, 1.54) is 4.31 Å². The summed E-state index contributed by atoms with van der Waals surface area (Å²) < 4.78 is 31.9. The summed E-state index contributed by atoms with van der Waals surface area (Å²) in [5, 5.41) is 10.8. The molecule has 2 heterocycles. The average molecular weight is 287 g/mol. The van der Waals surface area contributed by atoms with Gasteiger partial charge in [0, 0.05) is 19.2 Å². The van der Waals surface area contributed by atoms with E-state index in [2.05, 4.69) is 15.4 Å². The molecule has 0 bridgehead atoms. The largest absolute Gasteiger partial charge is 0.381 e. The molecular weight excluding hydrogens is 270 g/mol. The summed E-state index contributed by atoms with van der Waals surface area (Å²) in [6, 6.07) is 0.0920. The minimum absolute atomic E-state index is 0.0920. The zero-order valence-electron chi connectivity index (χ0n) is 10.8. The highest BCUT2D eigenvalue weighted by molar-refractivity contribution is 7.89. The summed E-state index contributed by atoms with van der Waals surface area (Å²) >= 11 is 0. The van der Waals surface area contributed by atoms with Crippen LogP contribution in [0.2, 0.25) is 0 Å². The number of sulfonamides is 1. The van der Waals surface area contributed by atoms with Crippen molar-refractivity contribution in [3.8, 4) is 0 Å². The van der Waals surface area contributed by atoms with Crippen LogP contribution < -0.4 is 0 Å². The zero-order chi connectivity index (χ0) is 13.5. The van der Waals surface area contributed by atoms with Crippen molar-refractivity contribution >= 4 is 10.0 Å². The molecule has 106 valence electrons. The molecule has 0 amide bonds. The summed E-state index contributed by atoms with van der Waals surface area (Å²) in [7, 11) is -2.08. The van der Waals surface area contributed by atoms with Crippen molar-refractivity contribution in [2.45, 2.75) is 30.5 Å². The molecule has 0 aromatic carbocycles. The summed E-state index contributed by atoms with van der Waals surface area (Å²) in [4.78, 5) is 1.16. The molecular formula is C10H17N5O3S. The molecule has 1 aliphatic heterocycles. The van der Waals surface area contributed by atoms with Crippen molar-refractivity contribution in [3.63, 3.8) is 0 Å². The minimum atomic E-state index is -3.63. The topological polar surface area (TPSA) is 90.2 Å². The molecule has 19 heavy (non-hydrogen) atoms. The molecule has 0 N–H and O–H groups in total. The molecule has 0 spiro atoms. The van der Waals surface area contributed by atoms with E-state index in [-0.39, 0.29) is 17.1 Å². The molecule has 2 fully saturated rings. The fourth-order valence-corrected chi connectivity index (χ4v) is 3.84. The fourth-order valence-electron chi connectivity index (χ4n) is 2.26. The second-order valence-corrected chi connectivity index (χ2v) is 6.88. The van der Waals surface area contributed by atoms with E-state index in [1.807, 2.05) is 0 Å². The molecule has 1 saturated carbocycles. The zero-order valence-corrected chi connectivity index (χ0v) is 11.6. The maximum atomic E-state index is 12.5. The Bertz CT molecular complexity index is 547. The number of nitrogens with zero attached hydrogens (tertiary/aromatic N) is 5. The van der Waals surface area contributed by atoms with Crippen LogP contribution in [0.5, 0.6) is 0 Å². The van der Waals surface area contributed by atoms with Gasteiger partial charge in [-0.1, -0.05) is 5.10 Å². The van der Waals surface area contributed by atoms with Crippen LogP contribution in [-0.2, 0) is 21.8 Å². The first kappa shape index (κ1) is 12.9. The Morgan fingerprint density at radius 1 is 1.42 bits per heavy atom. The Kier molecular flexibility index (Phi) is 3.27. The third kappa shape index (κ3) is 2.63. The summed E-state index contributed by atoms with van der Waals surface area (Å²) in [6.45, 7) is 1.84. The lowest BCUT2D eigenvalue weighted by Gasteiger charge is -2.22. The third-order valence-corrected chi connectivity index (χ3v) is 5.14. The Morgan fingerprint density at radius 3 is 2.74 bits per heavy atom. The number of rotatable bonds is 5. The number of ether oxygens (including phenoxy) is 1. The highest BCUT2D eigenvalue weighted by atomic mass is 32.2. The maximum absolute atomic E-state index is 12.5. The molecule has 8 nitrogen and oxygen atoms in total.